The molecule has 2 aromatic carbocycles. The number of halogens is 3. The van der Waals surface area contributed by atoms with E-state index in [4.69, 9.17) is 26.3 Å². The zero-order valence-electron chi connectivity index (χ0n) is 28.0. The Morgan fingerprint density at radius 3 is 2.82 bits per heavy atom. The van der Waals surface area contributed by atoms with E-state index in [2.05, 4.69) is 31.8 Å². The number of benzene rings is 2. The third-order valence-electron chi connectivity index (χ3n) is 10.7. The third-order valence-corrected chi connectivity index (χ3v) is 11.7. The predicted octanol–water partition coefficient (Wildman–Crippen LogP) is 6.20. The lowest BCUT2D eigenvalue weighted by Crippen LogP contribution is -2.56. The van der Waals surface area contributed by atoms with Crippen LogP contribution in [0.25, 0.3) is 16.8 Å². The molecular weight excluding hydrogens is 694 g/mol. The largest absolute Gasteiger partial charge is 0.461 e. The highest BCUT2D eigenvalue weighted by molar-refractivity contribution is 7.10. The summed E-state index contributed by atoms with van der Waals surface area (Å²) in [4.78, 5) is 35.3. The van der Waals surface area contributed by atoms with Gasteiger partial charge < -0.3 is 19.4 Å². The Hall–Kier alpha value is -4.38. The highest BCUT2D eigenvalue weighted by Gasteiger charge is 2.49. The van der Waals surface area contributed by atoms with Gasteiger partial charge in [-0.3, -0.25) is 9.69 Å². The topological polar surface area (TPSA) is 102 Å². The Bertz CT molecular complexity index is 2020. The van der Waals surface area contributed by atoms with Gasteiger partial charge in [-0.1, -0.05) is 35.9 Å². The Morgan fingerprint density at radius 1 is 1.14 bits per heavy atom. The molecule has 3 atom stereocenters. The molecule has 0 radical (unpaired) electrons. The van der Waals surface area contributed by atoms with E-state index in [0.717, 1.165) is 53.2 Å². The van der Waals surface area contributed by atoms with Crippen molar-refractivity contribution in [2.45, 2.75) is 56.4 Å². The Balaban J connectivity index is 1.11. The molecule has 10 nitrogen and oxygen atoms in total. The zero-order chi connectivity index (χ0) is 35.1. The quantitative estimate of drug-likeness (QED) is 0.196. The molecule has 0 N–H and O–H groups in total. The van der Waals surface area contributed by atoms with E-state index in [1.54, 1.807) is 11.6 Å². The standard InChI is InChI=1S/C37H37ClF2N8O2S/c38-28-6-1-4-24-5-2-7-31(33(24)28)45-14-9-27-30(22-45)43-36(50-23-37-10-3-13-47(37)20-25(39)19-37)44-34(27)46-15-16-48(26(21-46)8-11-41)35(49)29(40)18-32-42-12-17-51-32/h1-2,4-7,12,17-18,25-26H,3,8-10,13-16,19-23H2/b29-18-/t25?,26?,37-/m0/s1. The molecular formula is C37H37ClF2N8O2S. The molecule has 3 saturated heterocycles. The summed E-state index contributed by atoms with van der Waals surface area (Å²) < 4.78 is 36.2. The molecule has 4 aromatic rings. The van der Waals surface area contributed by atoms with E-state index in [1.165, 1.54) is 16.2 Å². The lowest BCUT2D eigenvalue weighted by Gasteiger charge is -2.42. The summed E-state index contributed by atoms with van der Waals surface area (Å²) in [5.41, 5.74) is 2.43. The number of hydrogen-bond donors (Lipinski definition) is 0. The maximum Gasteiger partial charge on any atom is 0.318 e. The summed E-state index contributed by atoms with van der Waals surface area (Å²) >= 11 is 7.97. The Kier molecular flexibility index (Phi) is 9.25. The molecule has 2 aromatic heterocycles. The van der Waals surface area contributed by atoms with E-state index >= 15 is 4.39 Å². The fourth-order valence-corrected chi connectivity index (χ4v) is 9.15. The van der Waals surface area contributed by atoms with Gasteiger partial charge in [-0.05, 0) is 43.3 Å². The number of carbonyl (C=O) groups is 1. The fourth-order valence-electron chi connectivity index (χ4n) is 8.32. The van der Waals surface area contributed by atoms with Crippen LogP contribution < -0.4 is 14.5 Å². The van der Waals surface area contributed by atoms with Gasteiger partial charge in [-0.15, -0.1) is 11.3 Å². The summed E-state index contributed by atoms with van der Waals surface area (Å²) in [6.07, 6.45) is 4.77. The number of ether oxygens (including phenoxy) is 1. The van der Waals surface area contributed by atoms with Gasteiger partial charge in [0, 0.05) is 73.4 Å². The van der Waals surface area contributed by atoms with Crippen LogP contribution in [0.3, 0.4) is 0 Å². The van der Waals surface area contributed by atoms with Crippen molar-refractivity contribution in [2.75, 3.05) is 55.7 Å². The second-order valence-electron chi connectivity index (χ2n) is 13.7. The number of nitrogens with zero attached hydrogens (tertiary/aromatic N) is 8. The number of carbonyl (C=O) groups excluding carboxylic acids is 1. The third kappa shape index (κ3) is 6.49. The van der Waals surface area contributed by atoms with Gasteiger partial charge in [-0.2, -0.15) is 15.2 Å². The number of thiazole rings is 1. The smallest absolute Gasteiger partial charge is 0.318 e. The Labute approximate surface area is 303 Å². The van der Waals surface area contributed by atoms with Crippen molar-refractivity contribution in [3.63, 3.8) is 0 Å². The Morgan fingerprint density at radius 2 is 2.00 bits per heavy atom. The minimum Gasteiger partial charge on any atom is -0.461 e. The van der Waals surface area contributed by atoms with E-state index in [0.29, 0.717) is 61.5 Å². The SMILES string of the molecule is N#CCC1CN(c2nc(OC[C@@]34CCCN3CC(F)C4)nc3c2CCN(c2cccc4cccc(Cl)c24)C3)CCN1C(=O)/C(F)=C/c1nccs1. The van der Waals surface area contributed by atoms with E-state index in [1.807, 2.05) is 30.3 Å². The first-order chi connectivity index (χ1) is 24.8. The number of alkyl halides is 1. The lowest BCUT2D eigenvalue weighted by atomic mass is 9.95. The molecule has 0 bridgehead atoms. The normalized spacial score (nSPS) is 23.7. The summed E-state index contributed by atoms with van der Waals surface area (Å²) in [7, 11) is 0. The average Bonchev–Trinajstić information content (AvgIpc) is 3.86. The molecule has 4 aliphatic rings. The second kappa shape index (κ2) is 14.0. The number of rotatable bonds is 8. The van der Waals surface area contributed by atoms with Gasteiger partial charge in [-0.25, -0.2) is 13.8 Å². The number of anilines is 2. The summed E-state index contributed by atoms with van der Waals surface area (Å²) in [5, 5.41) is 14.6. The fraction of sp³-hybridized carbons (Fsp3) is 0.432. The summed E-state index contributed by atoms with van der Waals surface area (Å²) in [5.74, 6) is -0.978. The first kappa shape index (κ1) is 33.7. The van der Waals surface area contributed by atoms with Crippen molar-refractivity contribution in [1.82, 2.24) is 24.8 Å². The van der Waals surface area contributed by atoms with Gasteiger partial charge in [0.2, 0.25) is 0 Å². The molecule has 1 amide bonds. The summed E-state index contributed by atoms with van der Waals surface area (Å²) in [6, 6.07) is 13.9. The molecule has 8 rings (SSSR count). The van der Waals surface area contributed by atoms with E-state index in [9.17, 15) is 14.4 Å². The van der Waals surface area contributed by atoms with Crippen LogP contribution in [-0.2, 0) is 17.8 Å². The number of aromatic nitrogens is 3. The van der Waals surface area contributed by atoms with Crippen molar-refractivity contribution >= 4 is 57.2 Å². The number of amides is 1. The molecule has 2 unspecified atom stereocenters. The molecule has 0 saturated carbocycles. The molecule has 0 spiro atoms. The van der Waals surface area contributed by atoms with E-state index < -0.39 is 23.9 Å². The number of piperazine rings is 1. The van der Waals surface area contributed by atoms with Crippen molar-refractivity contribution in [3.8, 4) is 12.1 Å². The molecule has 3 fully saturated rings. The highest BCUT2D eigenvalue weighted by atomic mass is 35.5. The van der Waals surface area contributed by atoms with Crippen LogP contribution in [0.1, 0.15) is 41.9 Å². The molecule has 51 heavy (non-hydrogen) atoms. The summed E-state index contributed by atoms with van der Waals surface area (Å²) in [6.45, 7) is 3.62. The zero-order valence-corrected chi connectivity index (χ0v) is 29.6. The van der Waals surface area contributed by atoms with Crippen LogP contribution in [0.15, 0.2) is 53.8 Å². The average molecular weight is 731 g/mol. The van der Waals surface area contributed by atoms with Gasteiger partial charge in [0.15, 0.2) is 5.83 Å². The van der Waals surface area contributed by atoms with Gasteiger partial charge >= 0.3 is 6.01 Å². The van der Waals surface area contributed by atoms with Gasteiger partial charge in [0.25, 0.3) is 5.91 Å². The minimum atomic E-state index is -0.909. The first-order valence-electron chi connectivity index (χ1n) is 17.4. The molecule has 14 heteroatoms. The highest BCUT2D eigenvalue weighted by Crippen LogP contribution is 2.41. The molecule has 4 aliphatic heterocycles. The maximum absolute atomic E-state index is 15.1. The maximum atomic E-state index is 15.1. The first-order valence-corrected chi connectivity index (χ1v) is 18.6. The molecule has 264 valence electrons. The van der Waals surface area contributed by atoms with Crippen LogP contribution in [0, 0.1) is 11.3 Å². The molecule has 0 aliphatic carbocycles. The van der Waals surface area contributed by atoms with Crippen molar-refractivity contribution in [3.05, 3.63) is 75.1 Å². The number of hydrogen-bond acceptors (Lipinski definition) is 10. The van der Waals surface area contributed by atoms with Crippen LogP contribution >= 0.6 is 22.9 Å². The van der Waals surface area contributed by atoms with E-state index in [-0.39, 0.29) is 31.1 Å². The number of nitriles is 1. The minimum absolute atomic E-state index is 0.0295. The monoisotopic (exact) mass is 730 g/mol. The van der Waals surface area contributed by atoms with Crippen LogP contribution in [0.5, 0.6) is 6.01 Å². The number of fused-ring (bicyclic) bond motifs is 3. The van der Waals surface area contributed by atoms with Gasteiger partial charge in [0.05, 0.1) is 41.3 Å². The van der Waals surface area contributed by atoms with Crippen LogP contribution in [-0.4, -0.2) is 94.3 Å². The van der Waals surface area contributed by atoms with Crippen LogP contribution in [0.4, 0.5) is 20.3 Å². The van der Waals surface area contributed by atoms with Crippen molar-refractivity contribution in [2.24, 2.45) is 0 Å². The second-order valence-corrected chi connectivity index (χ2v) is 15.1. The van der Waals surface area contributed by atoms with Crippen molar-refractivity contribution in [1.29, 1.82) is 5.26 Å². The molecule has 6 heterocycles. The van der Waals surface area contributed by atoms with Gasteiger partial charge in [0.1, 0.15) is 23.6 Å². The predicted molar refractivity (Wildman–Crippen MR) is 193 cm³/mol. The lowest BCUT2D eigenvalue weighted by molar-refractivity contribution is -0.131. The van der Waals surface area contributed by atoms with Crippen molar-refractivity contribution < 1.29 is 18.3 Å². The van der Waals surface area contributed by atoms with Crippen LogP contribution in [0.2, 0.25) is 5.02 Å².